The molecule has 2 amide bonds. The maximum absolute atomic E-state index is 12.5. The van der Waals surface area contributed by atoms with Crippen molar-refractivity contribution in [2.75, 3.05) is 5.32 Å². The molecule has 1 atom stereocenters. The molecule has 4 rings (SSSR count). The number of benzene rings is 2. The van der Waals surface area contributed by atoms with Crippen molar-refractivity contribution in [1.82, 2.24) is 10.3 Å². The van der Waals surface area contributed by atoms with Crippen molar-refractivity contribution in [1.29, 1.82) is 0 Å². The summed E-state index contributed by atoms with van der Waals surface area (Å²) in [7, 11) is 0. The highest BCUT2D eigenvalue weighted by molar-refractivity contribution is 6.30. The van der Waals surface area contributed by atoms with Crippen LogP contribution in [0.3, 0.4) is 0 Å². The van der Waals surface area contributed by atoms with Crippen LogP contribution in [0.2, 0.25) is 5.02 Å². The molecule has 3 aromatic rings. The zero-order chi connectivity index (χ0) is 21.8. The predicted molar refractivity (Wildman–Crippen MR) is 116 cm³/mol. The number of nitrogens with one attached hydrogen (secondary N) is 2. The minimum Gasteiger partial charge on any atom is -0.444 e. The molecule has 8 heteroatoms. The number of ether oxygens (including phenoxy) is 1. The van der Waals surface area contributed by atoms with Gasteiger partial charge in [0.25, 0.3) is 5.91 Å². The summed E-state index contributed by atoms with van der Waals surface area (Å²) >= 11 is 5.84. The first-order valence-corrected chi connectivity index (χ1v) is 10.4. The molecule has 0 bridgehead atoms. The Labute approximate surface area is 184 Å². The average Bonchev–Trinajstić information content (AvgIpc) is 3.49. The van der Waals surface area contributed by atoms with Crippen LogP contribution in [-0.2, 0) is 11.3 Å². The monoisotopic (exact) mass is 439 g/mol. The van der Waals surface area contributed by atoms with Crippen LogP contribution >= 0.6 is 11.6 Å². The predicted octanol–water partition coefficient (Wildman–Crippen LogP) is 5.45. The summed E-state index contributed by atoms with van der Waals surface area (Å²) in [5.74, 6) is 0.343. The third-order valence-electron chi connectivity index (χ3n) is 5.05. The lowest BCUT2D eigenvalue weighted by Gasteiger charge is -2.14. The Morgan fingerprint density at radius 1 is 1.16 bits per heavy atom. The maximum atomic E-state index is 12.5. The molecule has 1 aliphatic rings. The topological polar surface area (TPSA) is 93.5 Å². The van der Waals surface area contributed by atoms with Crippen molar-refractivity contribution in [3.63, 3.8) is 0 Å². The molecule has 0 radical (unpaired) electrons. The largest absolute Gasteiger partial charge is 0.444 e. The first kappa shape index (κ1) is 20.9. The quantitative estimate of drug-likeness (QED) is 0.510. The third kappa shape index (κ3) is 5.44. The van der Waals surface area contributed by atoms with Crippen LogP contribution in [0.5, 0.6) is 0 Å². The average molecular weight is 440 g/mol. The van der Waals surface area contributed by atoms with E-state index in [0.717, 1.165) is 29.7 Å². The summed E-state index contributed by atoms with van der Waals surface area (Å²) < 4.78 is 10.5. The summed E-state index contributed by atoms with van der Waals surface area (Å²) in [6, 6.07) is 14.0. The van der Waals surface area contributed by atoms with E-state index in [9.17, 15) is 9.59 Å². The highest BCUT2D eigenvalue weighted by atomic mass is 35.5. The standard InChI is InChI=1S/C23H22ClN3O4/c1-14(26-22(28)21-20(17-4-5-17)25-13-31-21)16-6-10-19(11-7-16)27-23(29)30-12-15-2-8-18(24)9-3-15/h2-3,6-11,13-14,17H,4-5,12H2,1H3,(H,26,28)(H,27,29)/t14-/m0/s1. The number of nitrogens with zero attached hydrogens (tertiary/aromatic N) is 1. The van der Waals surface area contributed by atoms with Gasteiger partial charge in [-0.3, -0.25) is 10.1 Å². The summed E-state index contributed by atoms with van der Waals surface area (Å²) in [6.07, 6.45) is 2.85. The fraction of sp³-hybridized carbons (Fsp3) is 0.261. The Bertz CT molecular complexity index is 1060. The van der Waals surface area contributed by atoms with E-state index in [2.05, 4.69) is 15.6 Å². The number of carbonyl (C=O) groups excluding carboxylic acids is 2. The van der Waals surface area contributed by atoms with E-state index in [1.165, 1.54) is 6.39 Å². The number of amides is 2. The SMILES string of the molecule is C[C@H](NC(=O)c1ocnc1C1CC1)c1ccc(NC(=O)OCc2ccc(Cl)cc2)cc1. The summed E-state index contributed by atoms with van der Waals surface area (Å²) in [5, 5.41) is 6.24. The van der Waals surface area contributed by atoms with Crippen molar-refractivity contribution < 1.29 is 18.7 Å². The summed E-state index contributed by atoms with van der Waals surface area (Å²) in [6.45, 7) is 2.03. The fourth-order valence-electron chi connectivity index (χ4n) is 3.16. The Balaban J connectivity index is 1.28. The lowest BCUT2D eigenvalue weighted by Crippen LogP contribution is -2.27. The summed E-state index contributed by atoms with van der Waals surface area (Å²) in [4.78, 5) is 28.7. The number of carbonyl (C=O) groups is 2. The number of hydrogen-bond donors (Lipinski definition) is 2. The molecular weight excluding hydrogens is 418 g/mol. The van der Waals surface area contributed by atoms with Gasteiger partial charge in [0.15, 0.2) is 6.39 Å². The number of halogens is 1. The maximum Gasteiger partial charge on any atom is 0.411 e. The van der Waals surface area contributed by atoms with Gasteiger partial charge in [0.05, 0.1) is 11.7 Å². The van der Waals surface area contributed by atoms with Gasteiger partial charge in [-0.25, -0.2) is 9.78 Å². The van der Waals surface area contributed by atoms with Crippen molar-refractivity contribution in [2.24, 2.45) is 0 Å². The van der Waals surface area contributed by atoms with Crippen molar-refractivity contribution in [3.05, 3.63) is 82.5 Å². The zero-order valence-corrected chi connectivity index (χ0v) is 17.7. The molecule has 1 aliphatic carbocycles. The lowest BCUT2D eigenvalue weighted by atomic mass is 10.1. The molecule has 7 nitrogen and oxygen atoms in total. The van der Waals surface area contributed by atoms with Crippen molar-refractivity contribution >= 4 is 29.3 Å². The van der Waals surface area contributed by atoms with Gasteiger partial charge in [-0.2, -0.15) is 0 Å². The van der Waals surface area contributed by atoms with Crippen LogP contribution in [0, 0.1) is 0 Å². The van der Waals surface area contributed by atoms with Crippen molar-refractivity contribution in [3.8, 4) is 0 Å². The van der Waals surface area contributed by atoms with E-state index in [0.29, 0.717) is 16.6 Å². The Morgan fingerprint density at radius 3 is 2.55 bits per heavy atom. The molecule has 31 heavy (non-hydrogen) atoms. The Hall–Kier alpha value is -3.32. The first-order valence-electron chi connectivity index (χ1n) is 10.0. The van der Waals surface area contributed by atoms with Gasteiger partial charge in [-0.15, -0.1) is 0 Å². The Kier molecular flexibility index (Phi) is 6.23. The van der Waals surface area contributed by atoms with Gasteiger partial charge in [0.1, 0.15) is 6.61 Å². The molecule has 2 aromatic carbocycles. The van der Waals surface area contributed by atoms with Crippen molar-refractivity contribution in [2.45, 2.75) is 38.3 Å². The first-order chi connectivity index (χ1) is 15.0. The minimum absolute atomic E-state index is 0.147. The number of hydrogen-bond acceptors (Lipinski definition) is 5. The highest BCUT2D eigenvalue weighted by Crippen LogP contribution is 2.40. The van der Waals surface area contributed by atoms with Gasteiger partial charge in [0, 0.05) is 16.6 Å². The van der Waals surface area contributed by atoms with Crippen LogP contribution < -0.4 is 10.6 Å². The molecule has 1 heterocycles. The lowest BCUT2D eigenvalue weighted by molar-refractivity contribution is 0.0910. The van der Waals surface area contributed by atoms with E-state index in [4.69, 9.17) is 20.8 Å². The van der Waals surface area contributed by atoms with Gasteiger partial charge in [-0.05, 0) is 55.2 Å². The van der Waals surface area contributed by atoms with E-state index in [-0.39, 0.29) is 24.3 Å². The molecule has 0 unspecified atom stereocenters. The van der Waals surface area contributed by atoms with E-state index in [1.807, 2.05) is 19.1 Å². The van der Waals surface area contributed by atoms with Gasteiger partial charge in [0.2, 0.25) is 5.76 Å². The molecule has 0 spiro atoms. The van der Waals surface area contributed by atoms with E-state index >= 15 is 0 Å². The molecule has 160 valence electrons. The van der Waals surface area contributed by atoms with Gasteiger partial charge >= 0.3 is 6.09 Å². The Morgan fingerprint density at radius 2 is 1.87 bits per heavy atom. The smallest absolute Gasteiger partial charge is 0.411 e. The number of oxazole rings is 1. The van der Waals surface area contributed by atoms with Crippen LogP contribution in [0.15, 0.2) is 59.3 Å². The van der Waals surface area contributed by atoms with Crippen LogP contribution in [-0.4, -0.2) is 17.0 Å². The number of anilines is 1. The molecule has 2 N–H and O–H groups in total. The van der Waals surface area contributed by atoms with Crippen LogP contribution in [0.25, 0.3) is 0 Å². The molecule has 0 aliphatic heterocycles. The molecular formula is C23H22ClN3O4. The van der Waals surface area contributed by atoms with Crippen LogP contribution in [0.1, 0.15) is 59.1 Å². The second kappa shape index (κ2) is 9.22. The zero-order valence-electron chi connectivity index (χ0n) is 16.9. The van der Waals surface area contributed by atoms with Gasteiger partial charge < -0.3 is 14.5 Å². The number of rotatable bonds is 7. The van der Waals surface area contributed by atoms with Crippen LogP contribution in [0.4, 0.5) is 10.5 Å². The third-order valence-corrected chi connectivity index (χ3v) is 5.31. The fourth-order valence-corrected chi connectivity index (χ4v) is 3.28. The molecule has 1 aromatic heterocycles. The second-order valence-corrected chi connectivity index (χ2v) is 7.92. The number of aromatic nitrogens is 1. The molecule has 1 saturated carbocycles. The van der Waals surface area contributed by atoms with E-state index < -0.39 is 6.09 Å². The summed E-state index contributed by atoms with van der Waals surface area (Å²) in [5.41, 5.74) is 3.06. The normalized spacial score (nSPS) is 14.0. The van der Waals surface area contributed by atoms with Gasteiger partial charge in [-0.1, -0.05) is 35.9 Å². The molecule has 0 saturated heterocycles. The second-order valence-electron chi connectivity index (χ2n) is 7.49. The van der Waals surface area contributed by atoms with E-state index in [1.54, 1.807) is 36.4 Å². The highest BCUT2D eigenvalue weighted by Gasteiger charge is 2.32. The molecule has 1 fully saturated rings. The minimum atomic E-state index is -0.554.